The minimum atomic E-state index is -0.765. The van der Waals surface area contributed by atoms with Crippen LogP contribution in [0.1, 0.15) is 36.5 Å². The maximum atomic E-state index is 12.9. The van der Waals surface area contributed by atoms with Gasteiger partial charge in [-0.3, -0.25) is 34.4 Å². The number of nitrogens with zero attached hydrogens (tertiary/aromatic N) is 2. The van der Waals surface area contributed by atoms with E-state index in [4.69, 9.17) is 11.6 Å². The van der Waals surface area contributed by atoms with Crippen molar-refractivity contribution >= 4 is 41.1 Å². The summed E-state index contributed by atoms with van der Waals surface area (Å²) in [5.41, 5.74) is 1.22. The Balaban J connectivity index is 1.71. The topological polar surface area (TPSA) is 108 Å². The SMILES string of the molecule is CC1=NCC=CC(CNC(=O)c2ccc(Cl)cc2)=CCC(=O)N1C1CCC(=O)NC1=O. The molecule has 0 aromatic heterocycles. The van der Waals surface area contributed by atoms with E-state index in [0.717, 1.165) is 5.57 Å². The average molecular weight is 443 g/mol. The molecular formula is C22H23ClN4O4. The van der Waals surface area contributed by atoms with E-state index in [1.807, 2.05) is 12.2 Å². The average Bonchev–Trinajstić information content (AvgIpc) is 2.74. The molecule has 0 bridgehead atoms. The summed E-state index contributed by atoms with van der Waals surface area (Å²) in [6.45, 7) is 2.21. The van der Waals surface area contributed by atoms with Crippen LogP contribution in [-0.2, 0) is 14.4 Å². The van der Waals surface area contributed by atoms with Gasteiger partial charge in [0.1, 0.15) is 11.9 Å². The normalized spacial score (nSPS) is 20.0. The first-order valence-corrected chi connectivity index (χ1v) is 10.3. The maximum absolute atomic E-state index is 12.9. The van der Waals surface area contributed by atoms with Gasteiger partial charge in [0.25, 0.3) is 5.91 Å². The molecule has 2 N–H and O–H groups in total. The number of hydrogen-bond donors (Lipinski definition) is 2. The van der Waals surface area contributed by atoms with Crippen molar-refractivity contribution in [2.24, 2.45) is 4.99 Å². The lowest BCUT2D eigenvalue weighted by Crippen LogP contribution is -2.55. The summed E-state index contributed by atoms with van der Waals surface area (Å²) >= 11 is 5.85. The summed E-state index contributed by atoms with van der Waals surface area (Å²) in [5.74, 6) is -0.963. The van der Waals surface area contributed by atoms with E-state index < -0.39 is 11.9 Å². The second kappa shape index (κ2) is 10.2. The Hall–Kier alpha value is -3.26. The van der Waals surface area contributed by atoms with Crippen molar-refractivity contribution in [3.63, 3.8) is 0 Å². The molecule has 0 spiro atoms. The Labute approximate surface area is 185 Å². The third kappa shape index (κ3) is 5.88. The van der Waals surface area contributed by atoms with E-state index in [2.05, 4.69) is 15.6 Å². The zero-order chi connectivity index (χ0) is 22.4. The number of carbonyl (C=O) groups excluding carboxylic acids is 4. The van der Waals surface area contributed by atoms with Crippen LogP contribution in [0.25, 0.3) is 0 Å². The second-order valence-electron chi connectivity index (χ2n) is 7.19. The highest BCUT2D eigenvalue weighted by Gasteiger charge is 2.35. The number of amides is 4. The molecule has 2 aliphatic rings. The largest absolute Gasteiger partial charge is 0.348 e. The number of piperidine rings is 1. The Morgan fingerprint density at radius 1 is 1.26 bits per heavy atom. The van der Waals surface area contributed by atoms with Gasteiger partial charge in [-0.25, -0.2) is 0 Å². The predicted octanol–water partition coefficient (Wildman–Crippen LogP) is 2.01. The van der Waals surface area contributed by atoms with Crippen molar-refractivity contribution in [2.45, 2.75) is 32.2 Å². The molecule has 1 fully saturated rings. The molecule has 2 aliphatic heterocycles. The molecule has 1 unspecified atom stereocenters. The van der Waals surface area contributed by atoms with E-state index >= 15 is 0 Å². The number of aliphatic imine (C=N–C) groups is 1. The fraction of sp³-hybridized carbons (Fsp3) is 0.318. The molecule has 1 saturated heterocycles. The smallest absolute Gasteiger partial charge is 0.251 e. The Morgan fingerprint density at radius 2 is 2.00 bits per heavy atom. The van der Waals surface area contributed by atoms with Crippen LogP contribution in [0.15, 0.2) is 53.1 Å². The molecule has 1 aromatic carbocycles. The van der Waals surface area contributed by atoms with Crippen molar-refractivity contribution in [2.75, 3.05) is 13.1 Å². The number of nitrogens with one attached hydrogen (secondary N) is 2. The third-order valence-corrected chi connectivity index (χ3v) is 5.25. The van der Waals surface area contributed by atoms with Crippen LogP contribution in [0, 0.1) is 0 Å². The summed E-state index contributed by atoms with van der Waals surface area (Å²) < 4.78 is 0. The van der Waals surface area contributed by atoms with Crippen molar-refractivity contribution in [3.05, 3.63) is 58.7 Å². The summed E-state index contributed by atoms with van der Waals surface area (Å²) in [6.07, 6.45) is 5.81. The molecular weight excluding hydrogens is 420 g/mol. The van der Waals surface area contributed by atoms with Gasteiger partial charge in [0.2, 0.25) is 17.7 Å². The number of hydrogen-bond acceptors (Lipinski definition) is 5. The lowest BCUT2D eigenvalue weighted by atomic mass is 10.0. The van der Waals surface area contributed by atoms with Gasteiger partial charge in [0, 0.05) is 30.0 Å². The number of halogens is 1. The van der Waals surface area contributed by atoms with Gasteiger partial charge in [-0.05, 0) is 43.2 Å². The van der Waals surface area contributed by atoms with Crippen LogP contribution in [0.4, 0.5) is 0 Å². The molecule has 0 aliphatic carbocycles. The first-order chi connectivity index (χ1) is 14.8. The number of carbonyl (C=O) groups is 4. The van der Waals surface area contributed by atoms with Crippen LogP contribution < -0.4 is 10.6 Å². The molecule has 4 amide bonds. The van der Waals surface area contributed by atoms with E-state index in [1.165, 1.54) is 4.90 Å². The first-order valence-electron chi connectivity index (χ1n) is 9.91. The zero-order valence-corrected chi connectivity index (χ0v) is 17.8. The molecule has 3 rings (SSSR count). The predicted molar refractivity (Wildman–Crippen MR) is 117 cm³/mol. The van der Waals surface area contributed by atoms with E-state index in [0.29, 0.717) is 23.0 Å². The van der Waals surface area contributed by atoms with Gasteiger partial charge >= 0.3 is 0 Å². The summed E-state index contributed by atoms with van der Waals surface area (Å²) in [6, 6.07) is 5.78. The molecule has 8 nitrogen and oxygen atoms in total. The molecule has 1 aromatic rings. The van der Waals surface area contributed by atoms with E-state index in [-0.39, 0.29) is 43.5 Å². The first kappa shape index (κ1) is 22.4. The van der Waals surface area contributed by atoms with Crippen molar-refractivity contribution in [3.8, 4) is 0 Å². The highest BCUT2D eigenvalue weighted by atomic mass is 35.5. The monoisotopic (exact) mass is 442 g/mol. The Kier molecular flexibility index (Phi) is 7.36. The van der Waals surface area contributed by atoms with Gasteiger partial charge < -0.3 is 5.32 Å². The van der Waals surface area contributed by atoms with Crippen LogP contribution in [-0.4, -0.2) is 53.5 Å². The lowest BCUT2D eigenvalue weighted by molar-refractivity contribution is -0.141. The standard InChI is InChI=1S/C22H23ClN4O4/c1-14-24-12-2-3-15(13-25-21(30)16-5-7-17(23)8-6-16)4-11-20(29)27(14)18-9-10-19(28)26-22(18)31/h2-8,18H,9-13H2,1H3,(H,25,30)(H,26,28,31). The quantitative estimate of drug-likeness (QED) is 0.695. The number of imide groups is 1. The van der Waals surface area contributed by atoms with Gasteiger partial charge in [0.15, 0.2) is 0 Å². The van der Waals surface area contributed by atoms with Crippen molar-refractivity contribution < 1.29 is 19.2 Å². The summed E-state index contributed by atoms with van der Waals surface area (Å²) in [4.78, 5) is 54.7. The minimum absolute atomic E-state index is 0.0288. The molecule has 0 saturated carbocycles. The van der Waals surface area contributed by atoms with Gasteiger partial charge in [-0.15, -0.1) is 0 Å². The summed E-state index contributed by atoms with van der Waals surface area (Å²) in [7, 11) is 0. The molecule has 2 heterocycles. The summed E-state index contributed by atoms with van der Waals surface area (Å²) in [5, 5.41) is 5.64. The highest BCUT2D eigenvalue weighted by Crippen LogP contribution is 2.16. The van der Waals surface area contributed by atoms with E-state index in [9.17, 15) is 19.2 Å². The maximum Gasteiger partial charge on any atom is 0.251 e. The Morgan fingerprint density at radius 3 is 2.71 bits per heavy atom. The Bertz CT molecular complexity index is 982. The van der Waals surface area contributed by atoms with Crippen LogP contribution in [0.5, 0.6) is 0 Å². The van der Waals surface area contributed by atoms with Crippen molar-refractivity contribution in [1.29, 1.82) is 0 Å². The van der Waals surface area contributed by atoms with Gasteiger partial charge in [0.05, 0.1) is 6.54 Å². The zero-order valence-electron chi connectivity index (χ0n) is 17.1. The fourth-order valence-electron chi connectivity index (χ4n) is 3.37. The lowest BCUT2D eigenvalue weighted by Gasteiger charge is -2.32. The molecule has 162 valence electrons. The molecule has 0 radical (unpaired) electrons. The van der Waals surface area contributed by atoms with Crippen LogP contribution >= 0.6 is 11.6 Å². The third-order valence-electron chi connectivity index (χ3n) is 4.99. The van der Waals surface area contributed by atoms with Gasteiger partial charge in [-0.2, -0.15) is 0 Å². The highest BCUT2D eigenvalue weighted by molar-refractivity contribution is 6.30. The van der Waals surface area contributed by atoms with E-state index in [1.54, 1.807) is 37.3 Å². The molecule has 31 heavy (non-hydrogen) atoms. The molecule has 9 heteroatoms. The fourth-order valence-corrected chi connectivity index (χ4v) is 3.50. The minimum Gasteiger partial charge on any atom is -0.348 e. The van der Waals surface area contributed by atoms with Crippen LogP contribution in [0.3, 0.4) is 0 Å². The second-order valence-corrected chi connectivity index (χ2v) is 7.63. The number of rotatable bonds is 4. The van der Waals surface area contributed by atoms with Gasteiger partial charge in [-0.1, -0.05) is 29.8 Å². The van der Waals surface area contributed by atoms with Crippen molar-refractivity contribution in [1.82, 2.24) is 15.5 Å². The molecule has 1 atom stereocenters. The number of benzene rings is 1. The van der Waals surface area contributed by atoms with Crippen LogP contribution in [0.2, 0.25) is 5.02 Å². The number of amidine groups is 1.